The maximum Gasteiger partial charge on any atom is 0.226 e. The van der Waals surface area contributed by atoms with Crippen molar-refractivity contribution in [3.8, 4) is 23.0 Å². The summed E-state index contributed by atoms with van der Waals surface area (Å²) < 4.78 is 16.6. The van der Waals surface area contributed by atoms with Gasteiger partial charge in [-0.05, 0) is 25.1 Å². The lowest BCUT2D eigenvalue weighted by atomic mass is 10.2. The number of aromatic nitrogens is 1. The second kappa shape index (κ2) is 4.53. The highest BCUT2D eigenvalue weighted by atomic mass is 35.5. The van der Waals surface area contributed by atoms with Crippen LogP contribution in [0, 0.1) is 6.92 Å². The lowest BCUT2D eigenvalue weighted by molar-refractivity contribution is 0.171. The standard InChI is InChI=1S/C13H12ClNO3/c1-8-10(7-14)15-13(18-8)9-2-3-11-12(6-9)17-5-4-16-11/h2-3,6H,4-5,7H2,1H3. The average Bonchev–Trinajstić information content (AvgIpc) is 2.79. The molecule has 0 saturated carbocycles. The number of aryl methyl sites for hydroxylation is 1. The topological polar surface area (TPSA) is 44.5 Å². The molecule has 1 aliphatic rings. The monoisotopic (exact) mass is 265 g/mol. The van der Waals surface area contributed by atoms with Crippen LogP contribution in [-0.2, 0) is 5.88 Å². The minimum atomic E-state index is 0.347. The summed E-state index contributed by atoms with van der Waals surface area (Å²) in [5, 5.41) is 0. The van der Waals surface area contributed by atoms with Gasteiger partial charge in [0.25, 0.3) is 0 Å². The third-order valence-electron chi connectivity index (χ3n) is 2.81. The molecule has 4 nitrogen and oxygen atoms in total. The van der Waals surface area contributed by atoms with E-state index in [1.54, 1.807) is 0 Å². The molecule has 0 spiro atoms. The van der Waals surface area contributed by atoms with E-state index in [0.717, 1.165) is 28.5 Å². The molecule has 0 aliphatic carbocycles. The summed E-state index contributed by atoms with van der Waals surface area (Å²) in [6.07, 6.45) is 0. The van der Waals surface area contributed by atoms with E-state index in [9.17, 15) is 0 Å². The molecule has 0 unspecified atom stereocenters. The molecule has 1 aromatic heterocycles. The van der Waals surface area contributed by atoms with Crippen LogP contribution >= 0.6 is 11.6 Å². The molecule has 3 rings (SSSR count). The number of hydrogen-bond acceptors (Lipinski definition) is 4. The minimum Gasteiger partial charge on any atom is -0.486 e. The maximum absolute atomic E-state index is 5.78. The Balaban J connectivity index is 2.00. The van der Waals surface area contributed by atoms with Crippen LogP contribution in [0.1, 0.15) is 11.5 Å². The van der Waals surface area contributed by atoms with Crippen molar-refractivity contribution in [3.05, 3.63) is 29.7 Å². The van der Waals surface area contributed by atoms with Gasteiger partial charge in [0.1, 0.15) is 19.0 Å². The molecule has 1 aromatic carbocycles. The molecular weight excluding hydrogens is 254 g/mol. The molecule has 94 valence electrons. The Hall–Kier alpha value is -1.68. The Labute approximate surface area is 109 Å². The summed E-state index contributed by atoms with van der Waals surface area (Å²) in [6.45, 7) is 3.00. The first kappa shape index (κ1) is 11.4. The van der Waals surface area contributed by atoms with Crippen LogP contribution in [0.25, 0.3) is 11.5 Å². The molecule has 0 saturated heterocycles. The first-order chi connectivity index (χ1) is 8.78. The molecule has 0 N–H and O–H groups in total. The van der Waals surface area contributed by atoms with Crippen LogP contribution in [0.5, 0.6) is 11.5 Å². The van der Waals surface area contributed by atoms with Crippen molar-refractivity contribution in [2.75, 3.05) is 13.2 Å². The van der Waals surface area contributed by atoms with Crippen molar-refractivity contribution in [3.63, 3.8) is 0 Å². The van der Waals surface area contributed by atoms with Gasteiger partial charge in [0, 0.05) is 5.56 Å². The number of fused-ring (bicyclic) bond motifs is 1. The van der Waals surface area contributed by atoms with E-state index in [2.05, 4.69) is 4.98 Å². The number of nitrogens with zero attached hydrogens (tertiary/aromatic N) is 1. The normalized spacial score (nSPS) is 13.7. The van der Waals surface area contributed by atoms with Gasteiger partial charge in [0.05, 0.1) is 11.6 Å². The van der Waals surface area contributed by atoms with E-state index in [-0.39, 0.29) is 0 Å². The van der Waals surface area contributed by atoms with E-state index in [0.29, 0.717) is 25.0 Å². The summed E-state index contributed by atoms with van der Waals surface area (Å²) >= 11 is 5.78. The number of halogens is 1. The molecule has 0 bridgehead atoms. The van der Waals surface area contributed by atoms with Gasteiger partial charge in [-0.3, -0.25) is 0 Å². The zero-order valence-corrected chi connectivity index (χ0v) is 10.7. The number of oxazole rings is 1. The van der Waals surface area contributed by atoms with E-state index < -0.39 is 0 Å². The Morgan fingerprint density at radius 2 is 2.00 bits per heavy atom. The highest BCUT2D eigenvalue weighted by Gasteiger charge is 2.16. The molecule has 0 fully saturated rings. The molecular formula is C13H12ClNO3. The fourth-order valence-electron chi connectivity index (χ4n) is 1.85. The Morgan fingerprint density at radius 1 is 1.22 bits per heavy atom. The second-order valence-electron chi connectivity index (χ2n) is 4.01. The van der Waals surface area contributed by atoms with E-state index in [4.69, 9.17) is 25.5 Å². The molecule has 0 atom stereocenters. The number of ether oxygens (including phenoxy) is 2. The Morgan fingerprint density at radius 3 is 2.72 bits per heavy atom. The number of alkyl halides is 1. The van der Waals surface area contributed by atoms with Gasteiger partial charge in [-0.1, -0.05) is 0 Å². The maximum atomic E-state index is 5.78. The fourth-order valence-corrected chi connectivity index (χ4v) is 2.10. The molecule has 5 heteroatoms. The van der Waals surface area contributed by atoms with Crippen molar-refractivity contribution in [2.45, 2.75) is 12.8 Å². The van der Waals surface area contributed by atoms with Gasteiger partial charge in [-0.25, -0.2) is 4.98 Å². The van der Waals surface area contributed by atoms with Crippen LogP contribution in [-0.4, -0.2) is 18.2 Å². The Bertz CT molecular complexity index is 580. The lowest BCUT2D eigenvalue weighted by Gasteiger charge is -2.18. The van der Waals surface area contributed by atoms with Gasteiger partial charge >= 0.3 is 0 Å². The predicted molar refractivity (Wildman–Crippen MR) is 67.2 cm³/mol. The van der Waals surface area contributed by atoms with Gasteiger partial charge in [0.15, 0.2) is 11.5 Å². The van der Waals surface area contributed by atoms with Crippen LogP contribution in [0.15, 0.2) is 22.6 Å². The predicted octanol–water partition coefficient (Wildman–Crippen LogP) is 3.16. The largest absolute Gasteiger partial charge is 0.486 e. The second-order valence-corrected chi connectivity index (χ2v) is 4.28. The van der Waals surface area contributed by atoms with Crippen molar-refractivity contribution >= 4 is 11.6 Å². The van der Waals surface area contributed by atoms with Gasteiger partial charge < -0.3 is 13.9 Å². The van der Waals surface area contributed by atoms with E-state index in [1.165, 1.54) is 0 Å². The number of rotatable bonds is 2. The van der Waals surface area contributed by atoms with Gasteiger partial charge in [0.2, 0.25) is 5.89 Å². The summed E-state index contributed by atoms with van der Waals surface area (Å²) in [6, 6.07) is 5.64. The van der Waals surface area contributed by atoms with Gasteiger partial charge in [-0.15, -0.1) is 11.6 Å². The van der Waals surface area contributed by atoms with Gasteiger partial charge in [-0.2, -0.15) is 0 Å². The van der Waals surface area contributed by atoms with Crippen molar-refractivity contribution in [1.29, 1.82) is 0 Å². The summed E-state index contributed by atoms with van der Waals surface area (Å²) in [4.78, 5) is 4.35. The molecule has 2 heterocycles. The number of benzene rings is 1. The summed E-state index contributed by atoms with van der Waals surface area (Å²) in [7, 11) is 0. The van der Waals surface area contributed by atoms with Crippen molar-refractivity contribution in [2.24, 2.45) is 0 Å². The molecule has 2 aromatic rings. The summed E-state index contributed by atoms with van der Waals surface area (Å²) in [5.41, 5.74) is 1.63. The van der Waals surface area contributed by atoms with E-state index >= 15 is 0 Å². The first-order valence-corrected chi connectivity index (χ1v) is 6.23. The zero-order chi connectivity index (χ0) is 12.5. The molecule has 18 heavy (non-hydrogen) atoms. The smallest absolute Gasteiger partial charge is 0.226 e. The van der Waals surface area contributed by atoms with Crippen molar-refractivity contribution < 1.29 is 13.9 Å². The highest BCUT2D eigenvalue weighted by molar-refractivity contribution is 6.16. The van der Waals surface area contributed by atoms with Crippen LogP contribution in [0.3, 0.4) is 0 Å². The van der Waals surface area contributed by atoms with E-state index in [1.807, 2.05) is 25.1 Å². The zero-order valence-electron chi connectivity index (χ0n) is 9.90. The lowest BCUT2D eigenvalue weighted by Crippen LogP contribution is -2.15. The van der Waals surface area contributed by atoms with Crippen LogP contribution in [0.4, 0.5) is 0 Å². The average molecular weight is 266 g/mol. The summed E-state index contributed by atoms with van der Waals surface area (Å²) in [5.74, 6) is 3.13. The Kier molecular flexibility index (Phi) is 2.88. The number of hydrogen-bond donors (Lipinski definition) is 0. The fraction of sp³-hybridized carbons (Fsp3) is 0.308. The quantitative estimate of drug-likeness (QED) is 0.783. The molecule has 1 aliphatic heterocycles. The molecule has 0 amide bonds. The van der Waals surface area contributed by atoms with Crippen molar-refractivity contribution in [1.82, 2.24) is 4.98 Å². The minimum absolute atomic E-state index is 0.347. The van der Waals surface area contributed by atoms with Crippen LogP contribution in [0.2, 0.25) is 0 Å². The third kappa shape index (κ3) is 1.93. The SMILES string of the molecule is Cc1oc(-c2ccc3c(c2)OCCO3)nc1CCl. The highest BCUT2D eigenvalue weighted by Crippen LogP contribution is 2.34. The molecule has 0 radical (unpaired) electrons. The van der Waals surface area contributed by atoms with Crippen LogP contribution < -0.4 is 9.47 Å². The first-order valence-electron chi connectivity index (χ1n) is 5.70. The third-order valence-corrected chi connectivity index (χ3v) is 3.06.